The van der Waals surface area contributed by atoms with Crippen LogP contribution in [0.4, 0.5) is 0 Å². The quantitative estimate of drug-likeness (QED) is 0.174. The molecule has 2 aromatic heterocycles. The third kappa shape index (κ3) is 6.32. The van der Waals surface area contributed by atoms with E-state index in [9.17, 15) is 9.90 Å². The molecule has 0 radical (unpaired) electrons. The topological polar surface area (TPSA) is 63.1 Å². The molecule has 3 aromatic carbocycles. The van der Waals surface area contributed by atoms with Crippen LogP contribution in [0.5, 0.6) is 0 Å². The molecule has 0 amide bonds. The van der Waals surface area contributed by atoms with Crippen LogP contribution in [0, 0.1) is 6.92 Å². The highest BCUT2D eigenvalue weighted by Crippen LogP contribution is 2.37. The normalized spacial score (nSPS) is 13.5. The summed E-state index contributed by atoms with van der Waals surface area (Å²) >= 11 is 18.9. The summed E-state index contributed by atoms with van der Waals surface area (Å²) in [5.41, 5.74) is 5.88. The lowest BCUT2D eigenvalue weighted by Crippen LogP contribution is -2.05. The minimum Gasteiger partial charge on any atom is -0.382 e. The van der Waals surface area contributed by atoms with Gasteiger partial charge >= 0.3 is 0 Å². The molecule has 1 N–H and O–H groups in total. The van der Waals surface area contributed by atoms with Crippen LogP contribution in [0.2, 0.25) is 10.0 Å². The van der Waals surface area contributed by atoms with E-state index in [0.717, 1.165) is 47.5 Å². The summed E-state index contributed by atoms with van der Waals surface area (Å²) in [6, 6.07) is 16.7. The van der Waals surface area contributed by atoms with Gasteiger partial charge < -0.3 is 5.11 Å². The van der Waals surface area contributed by atoms with Crippen LogP contribution >= 0.6 is 55.1 Å². The highest BCUT2D eigenvalue weighted by atomic mass is 79.9. The van der Waals surface area contributed by atoms with Gasteiger partial charge in [-0.3, -0.25) is 14.8 Å². The molecule has 1 atom stereocenters. The van der Waals surface area contributed by atoms with E-state index in [1.165, 1.54) is 0 Å². The summed E-state index contributed by atoms with van der Waals surface area (Å²) in [4.78, 5) is 21.1. The van der Waals surface area contributed by atoms with Crippen molar-refractivity contribution in [1.82, 2.24) is 9.97 Å². The second-order valence-corrected chi connectivity index (χ2v) is 11.7. The maximum Gasteiger partial charge on any atom is 0.212 e. The fraction of sp³-hybridized carbons (Fsp3) is 0.156. The predicted molar refractivity (Wildman–Crippen MR) is 177 cm³/mol. The molecule has 0 aliphatic heterocycles. The summed E-state index contributed by atoms with van der Waals surface area (Å²) in [5, 5.41) is 14.2. The van der Waals surface area contributed by atoms with Gasteiger partial charge in [-0.1, -0.05) is 44.1 Å². The van der Waals surface area contributed by atoms with Crippen molar-refractivity contribution >= 4 is 88.4 Å². The maximum absolute atomic E-state index is 12.5. The van der Waals surface area contributed by atoms with Crippen molar-refractivity contribution in [2.45, 2.75) is 34.8 Å². The molecule has 1 aliphatic rings. The molecule has 40 heavy (non-hydrogen) atoms. The van der Waals surface area contributed by atoms with Gasteiger partial charge in [-0.25, -0.2) is 0 Å². The van der Waals surface area contributed by atoms with Crippen molar-refractivity contribution in [3.63, 3.8) is 0 Å². The summed E-state index contributed by atoms with van der Waals surface area (Å²) in [6.07, 6.45) is 4.63. The van der Waals surface area contributed by atoms with Gasteiger partial charge in [0.25, 0.3) is 0 Å². The van der Waals surface area contributed by atoms with Gasteiger partial charge in [0.1, 0.15) is 11.6 Å². The number of aliphatic hydroxyl groups excluding tert-OH is 1. The molecule has 8 heteroatoms. The number of rotatable bonds is 0. The lowest BCUT2D eigenvalue weighted by Gasteiger charge is -2.14. The van der Waals surface area contributed by atoms with Gasteiger partial charge in [0.05, 0.1) is 5.69 Å². The molecular weight excluding hydrogens is 675 g/mol. The smallest absolute Gasteiger partial charge is 0.212 e. The number of aryl methyl sites for hydroxylation is 1. The van der Waals surface area contributed by atoms with Crippen molar-refractivity contribution < 1.29 is 5.11 Å². The van der Waals surface area contributed by atoms with Gasteiger partial charge in [0.15, 0.2) is 0 Å². The number of benzene rings is 2. The molecule has 0 spiro atoms. The first kappa shape index (κ1) is 31.9. The van der Waals surface area contributed by atoms with Crippen molar-refractivity contribution in [3.8, 4) is 0 Å². The van der Waals surface area contributed by atoms with Crippen molar-refractivity contribution in [3.05, 3.63) is 124 Å². The monoisotopic (exact) mass is 700 g/mol. The molecule has 5 aromatic rings. The SMILES string of the molecule is C.C.CC1=Cc2cc(Br)cnc2C(O)c2ccc(Cl)cc21.Cc1cc2cc(Br)cnc2c(=O)c2ccc(Cl)cc12. The first-order chi connectivity index (χ1) is 18.1. The van der Waals surface area contributed by atoms with E-state index in [0.29, 0.717) is 26.6 Å². The van der Waals surface area contributed by atoms with Crippen LogP contribution < -0.4 is 5.43 Å². The van der Waals surface area contributed by atoms with Gasteiger partial charge in [0, 0.05) is 47.7 Å². The molecule has 206 valence electrons. The third-order valence-corrected chi connectivity index (χ3v) is 7.74. The number of nitrogens with zero attached hydrogens (tertiary/aromatic N) is 2. The Hall–Kier alpha value is -2.61. The number of fused-ring (bicyclic) bond motifs is 4. The van der Waals surface area contributed by atoms with Crippen molar-refractivity contribution in [1.29, 1.82) is 0 Å². The third-order valence-electron chi connectivity index (χ3n) is 6.40. The van der Waals surface area contributed by atoms with E-state index < -0.39 is 6.10 Å². The predicted octanol–water partition coefficient (Wildman–Crippen LogP) is 10.2. The van der Waals surface area contributed by atoms with E-state index in [1.54, 1.807) is 30.6 Å². The van der Waals surface area contributed by atoms with Crippen LogP contribution in [0.1, 0.15) is 55.8 Å². The van der Waals surface area contributed by atoms with Crippen molar-refractivity contribution in [2.75, 3.05) is 0 Å². The maximum atomic E-state index is 12.5. The van der Waals surface area contributed by atoms with E-state index in [1.807, 2.05) is 56.3 Å². The molecule has 0 saturated carbocycles. The zero-order valence-electron chi connectivity index (χ0n) is 20.3. The van der Waals surface area contributed by atoms with Crippen LogP contribution in [-0.4, -0.2) is 15.1 Å². The minimum atomic E-state index is -0.732. The van der Waals surface area contributed by atoms with Gasteiger partial charge in [0.2, 0.25) is 5.43 Å². The van der Waals surface area contributed by atoms with Gasteiger partial charge in [-0.15, -0.1) is 0 Å². The summed E-state index contributed by atoms with van der Waals surface area (Å²) in [6.45, 7) is 3.98. The standard InChI is InChI=1S/C15H11BrClNO.C15H9BrClNO.2CH4/c2*1-8-4-9-5-10(16)7-18-14(9)15(19)12-3-2-11(17)6-13(8)12;;/h2-7,15,19H,1H3;2-7H,1H3;2*1H4. The Kier molecular flexibility index (Phi) is 10.3. The molecule has 1 unspecified atom stereocenters. The van der Waals surface area contributed by atoms with E-state index >= 15 is 0 Å². The summed E-state index contributed by atoms with van der Waals surface area (Å²) in [7, 11) is 0. The largest absolute Gasteiger partial charge is 0.382 e. The first-order valence-corrected chi connectivity index (χ1v) is 14.0. The van der Waals surface area contributed by atoms with Crippen LogP contribution in [0.15, 0.2) is 80.7 Å². The Balaban J connectivity index is 0.000000210. The number of halogens is 4. The average Bonchev–Trinajstić information content (AvgIpc) is 3.04. The average molecular weight is 703 g/mol. The highest BCUT2D eigenvalue weighted by Gasteiger charge is 2.23. The second kappa shape index (κ2) is 12.9. The van der Waals surface area contributed by atoms with Crippen LogP contribution in [0.25, 0.3) is 33.3 Å². The molecule has 1 aliphatic carbocycles. The van der Waals surface area contributed by atoms with Gasteiger partial charge in [-0.05, 0) is 128 Å². The molecule has 0 saturated heterocycles. The summed E-state index contributed by atoms with van der Waals surface area (Å²) < 4.78 is 1.75. The fourth-order valence-electron chi connectivity index (χ4n) is 4.61. The minimum absolute atomic E-state index is 0. The number of pyridine rings is 2. The lowest BCUT2D eigenvalue weighted by atomic mass is 9.98. The Morgan fingerprint density at radius 2 is 1.48 bits per heavy atom. The van der Waals surface area contributed by atoms with E-state index in [2.05, 4.69) is 41.8 Å². The number of aromatic nitrogens is 2. The zero-order chi connectivity index (χ0) is 27.1. The Labute approximate surface area is 261 Å². The zero-order valence-corrected chi connectivity index (χ0v) is 25.0. The van der Waals surface area contributed by atoms with Crippen LogP contribution in [-0.2, 0) is 0 Å². The second-order valence-electron chi connectivity index (χ2n) is 9.03. The van der Waals surface area contributed by atoms with Crippen LogP contribution in [0.3, 0.4) is 0 Å². The van der Waals surface area contributed by atoms with Gasteiger partial charge in [-0.2, -0.15) is 0 Å². The lowest BCUT2D eigenvalue weighted by molar-refractivity contribution is 0.215. The Morgan fingerprint density at radius 3 is 2.23 bits per heavy atom. The molecular formula is C32H28Br2Cl2N2O2. The Morgan fingerprint density at radius 1 is 0.825 bits per heavy atom. The molecule has 0 bridgehead atoms. The molecule has 6 rings (SSSR count). The number of aliphatic hydroxyl groups is 1. The van der Waals surface area contributed by atoms with E-state index in [4.69, 9.17) is 23.2 Å². The Bertz CT molecular complexity index is 1840. The summed E-state index contributed by atoms with van der Waals surface area (Å²) in [5.74, 6) is 0. The fourth-order valence-corrected chi connectivity index (χ4v) is 5.65. The van der Waals surface area contributed by atoms with Crippen molar-refractivity contribution in [2.24, 2.45) is 0 Å². The highest BCUT2D eigenvalue weighted by molar-refractivity contribution is 9.10. The number of hydrogen-bond acceptors (Lipinski definition) is 4. The first-order valence-electron chi connectivity index (χ1n) is 11.6. The molecule has 2 heterocycles. The number of allylic oxidation sites excluding steroid dienone is 1. The molecule has 0 fully saturated rings. The van der Waals surface area contributed by atoms with E-state index in [-0.39, 0.29) is 20.3 Å². The number of hydrogen-bond donors (Lipinski definition) is 1. The molecule has 4 nitrogen and oxygen atoms in total.